The molecule has 0 spiro atoms. The lowest BCUT2D eigenvalue weighted by molar-refractivity contribution is 0.616. The van der Waals surface area contributed by atoms with Crippen molar-refractivity contribution in [1.29, 1.82) is 0 Å². The van der Waals surface area contributed by atoms with Crippen molar-refractivity contribution < 1.29 is 0 Å². The first-order chi connectivity index (χ1) is 18.6. The molecule has 2 saturated heterocycles. The van der Waals surface area contributed by atoms with Gasteiger partial charge in [0.2, 0.25) is 0 Å². The van der Waals surface area contributed by atoms with E-state index in [-0.39, 0.29) is 12.1 Å². The first kappa shape index (κ1) is 22.9. The van der Waals surface area contributed by atoms with Crippen LogP contribution in [0.4, 0.5) is 0 Å². The summed E-state index contributed by atoms with van der Waals surface area (Å²) >= 11 is 0. The van der Waals surface area contributed by atoms with Crippen LogP contribution in [0.15, 0.2) is 97.4 Å². The van der Waals surface area contributed by atoms with Crippen LogP contribution in [0.3, 0.4) is 0 Å². The second-order valence-corrected chi connectivity index (χ2v) is 10.5. The topological polar surface area (TPSA) is 81.4 Å². The van der Waals surface area contributed by atoms with Gasteiger partial charge in [-0.3, -0.25) is 0 Å². The molecule has 6 nitrogen and oxygen atoms in total. The van der Waals surface area contributed by atoms with Gasteiger partial charge >= 0.3 is 0 Å². The molecule has 2 fully saturated rings. The van der Waals surface area contributed by atoms with E-state index >= 15 is 0 Å². The normalized spacial score (nSPS) is 19.6. The number of hydrogen-bond acceptors (Lipinski definition) is 4. The van der Waals surface area contributed by atoms with Crippen molar-refractivity contribution in [3.63, 3.8) is 0 Å². The van der Waals surface area contributed by atoms with Gasteiger partial charge < -0.3 is 20.6 Å². The minimum Gasteiger partial charge on any atom is -0.347 e. The summed E-state index contributed by atoms with van der Waals surface area (Å²) in [7, 11) is 0. The van der Waals surface area contributed by atoms with Crippen molar-refractivity contribution in [2.75, 3.05) is 13.1 Å². The van der Waals surface area contributed by atoms with Gasteiger partial charge in [0, 0.05) is 36.6 Å². The Morgan fingerprint density at radius 3 is 1.61 bits per heavy atom. The molecule has 2 unspecified atom stereocenters. The molecule has 3 aromatic carbocycles. The Labute approximate surface area is 222 Å². The van der Waals surface area contributed by atoms with E-state index in [9.17, 15) is 0 Å². The summed E-state index contributed by atoms with van der Waals surface area (Å²) in [5.74, 6) is 1.95. The summed E-state index contributed by atoms with van der Waals surface area (Å²) in [6.07, 6.45) is 5.86. The van der Waals surface area contributed by atoms with Crippen LogP contribution in [0, 0.1) is 0 Å². The van der Waals surface area contributed by atoms with Crippen LogP contribution in [0.2, 0.25) is 0 Å². The lowest BCUT2D eigenvalue weighted by Gasteiger charge is -2.07. The third-order valence-electron chi connectivity index (χ3n) is 7.69. The molecule has 4 heterocycles. The molecule has 0 radical (unpaired) electrons. The van der Waals surface area contributed by atoms with Crippen LogP contribution in [0.25, 0.3) is 44.4 Å². The number of nitrogens with one attached hydrogen (secondary N) is 4. The van der Waals surface area contributed by atoms with E-state index in [0.717, 1.165) is 60.1 Å². The van der Waals surface area contributed by atoms with Crippen LogP contribution < -0.4 is 10.6 Å². The quantitative estimate of drug-likeness (QED) is 0.209. The van der Waals surface area contributed by atoms with E-state index in [2.05, 4.69) is 94.4 Å². The molecule has 4 N–H and O–H groups in total. The van der Waals surface area contributed by atoms with Crippen molar-refractivity contribution in [2.24, 2.45) is 0 Å². The van der Waals surface area contributed by atoms with Gasteiger partial charge in [0.05, 0.1) is 23.5 Å². The van der Waals surface area contributed by atoms with Crippen molar-refractivity contribution in [2.45, 2.75) is 24.9 Å². The molecule has 0 aliphatic carbocycles. The predicted molar refractivity (Wildman–Crippen MR) is 154 cm³/mol. The van der Waals surface area contributed by atoms with Crippen LogP contribution in [0.5, 0.6) is 0 Å². The third-order valence-corrected chi connectivity index (χ3v) is 7.69. The Hall–Kier alpha value is -4.26. The highest BCUT2D eigenvalue weighted by Crippen LogP contribution is 2.31. The van der Waals surface area contributed by atoms with Crippen LogP contribution in [-0.2, 0) is 0 Å². The van der Waals surface area contributed by atoms with Gasteiger partial charge in [-0.05, 0) is 46.9 Å². The monoisotopic (exact) mass is 498 g/mol. The lowest BCUT2D eigenvalue weighted by Crippen LogP contribution is -2.14. The average Bonchev–Trinajstić information content (AvgIpc) is 3.75. The smallest absolute Gasteiger partial charge is 0.124 e. The molecule has 2 aromatic heterocycles. The number of benzene rings is 3. The highest BCUT2D eigenvalue weighted by molar-refractivity contribution is 5.90. The maximum absolute atomic E-state index is 4.86. The largest absolute Gasteiger partial charge is 0.347 e. The Morgan fingerprint density at radius 2 is 1.05 bits per heavy atom. The maximum atomic E-state index is 4.86. The summed E-state index contributed by atoms with van der Waals surface area (Å²) in [6, 6.07) is 22.3. The second-order valence-electron chi connectivity index (χ2n) is 10.5. The van der Waals surface area contributed by atoms with Crippen molar-refractivity contribution >= 4 is 10.8 Å². The predicted octanol–water partition coefficient (Wildman–Crippen LogP) is 6.47. The molecule has 6 heteroatoms. The van der Waals surface area contributed by atoms with Gasteiger partial charge in [-0.15, -0.1) is 0 Å². The Morgan fingerprint density at radius 1 is 0.579 bits per heavy atom. The van der Waals surface area contributed by atoms with E-state index < -0.39 is 0 Å². The first-order valence-electron chi connectivity index (χ1n) is 13.1. The van der Waals surface area contributed by atoms with Crippen LogP contribution in [0.1, 0.15) is 36.6 Å². The van der Waals surface area contributed by atoms with Crippen molar-refractivity contribution in [1.82, 2.24) is 30.6 Å². The van der Waals surface area contributed by atoms with Gasteiger partial charge in [0.15, 0.2) is 0 Å². The minimum atomic E-state index is 0.227. The van der Waals surface area contributed by atoms with Gasteiger partial charge in [-0.2, -0.15) is 0 Å². The molecular formula is C32H30N6. The summed E-state index contributed by atoms with van der Waals surface area (Å²) in [5.41, 5.74) is 8.99. The minimum absolute atomic E-state index is 0.227. The zero-order valence-electron chi connectivity index (χ0n) is 21.2. The van der Waals surface area contributed by atoms with E-state index in [4.69, 9.17) is 9.97 Å². The van der Waals surface area contributed by atoms with Gasteiger partial charge in [-0.1, -0.05) is 72.8 Å². The number of nitrogens with zero attached hydrogens (tertiary/aromatic N) is 2. The first-order valence-corrected chi connectivity index (χ1v) is 13.1. The zero-order valence-corrected chi connectivity index (χ0v) is 21.2. The summed E-state index contributed by atoms with van der Waals surface area (Å²) in [6.45, 7) is 9.88. The molecule has 2 aliphatic rings. The molecule has 0 saturated carbocycles. The van der Waals surface area contributed by atoms with Crippen molar-refractivity contribution in [3.8, 4) is 33.6 Å². The Bertz CT molecular complexity index is 1670. The number of fused-ring (bicyclic) bond motifs is 1. The maximum Gasteiger partial charge on any atom is 0.124 e. The number of rotatable bonds is 5. The van der Waals surface area contributed by atoms with Gasteiger partial charge in [0.25, 0.3) is 0 Å². The fourth-order valence-corrected chi connectivity index (χ4v) is 5.53. The van der Waals surface area contributed by atoms with Crippen LogP contribution >= 0.6 is 0 Å². The van der Waals surface area contributed by atoms with E-state index in [0.29, 0.717) is 0 Å². The summed E-state index contributed by atoms with van der Waals surface area (Å²) in [5, 5.41) is 9.33. The van der Waals surface area contributed by atoms with Gasteiger partial charge in [0.1, 0.15) is 11.6 Å². The number of H-pyrrole nitrogens is 2. The zero-order chi connectivity index (χ0) is 25.6. The molecule has 38 heavy (non-hydrogen) atoms. The second kappa shape index (κ2) is 9.24. The Balaban J connectivity index is 1.10. The fourth-order valence-electron chi connectivity index (χ4n) is 5.53. The molecule has 0 amide bonds. The fraction of sp³-hybridized carbons (Fsp3) is 0.188. The number of imidazole rings is 2. The molecule has 188 valence electrons. The molecule has 5 aromatic rings. The molecule has 0 bridgehead atoms. The van der Waals surface area contributed by atoms with E-state index in [1.54, 1.807) is 0 Å². The van der Waals surface area contributed by atoms with Crippen molar-refractivity contribution in [3.05, 3.63) is 109 Å². The lowest BCUT2D eigenvalue weighted by atomic mass is 9.98. The van der Waals surface area contributed by atoms with Gasteiger partial charge in [-0.25, -0.2) is 9.97 Å². The third kappa shape index (κ3) is 4.28. The van der Waals surface area contributed by atoms with E-state index in [1.807, 2.05) is 12.4 Å². The SMILES string of the molecule is C=C1CNC(c2nc(-c3ccc(-c4ccc5cc(-c6c[nH]c(C7CC(=C)CN7)n6)ccc5c4)cc3)c[nH]2)C1. The molecule has 2 atom stereocenters. The Kier molecular flexibility index (Phi) is 5.57. The molecular weight excluding hydrogens is 468 g/mol. The standard InChI is InChI=1S/C32H30N6/c1-19-11-27(33-15-19)31-35-17-29(37-31)22-5-3-21(4-6-22)23-7-8-25-14-26(10-9-24(25)13-23)30-18-36-32(38-30)28-12-20(2)16-34-28/h3-10,13-14,17-18,27-28,33-34H,1-2,11-12,15-16H2,(H,35,37)(H,36,38). The highest BCUT2D eigenvalue weighted by atomic mass is 15.0. The molecule has 7 rings (SSSR count). The highest BCUT2D eigenvalue weighted by Gasteiger charge is 2.23. The number of hydrogen-bond donors (Lipinski definition) is 4. The molecule has 2 aliphatic heterocycles. The summed E-state index contributed by atoms with van der Waals surface area (Å²) < 4.78 is 0. The van der Waals surface area contributed by atoms with E-state index in [1.165, 1.54) is 33.0 Å². The number of aromatic amines is 2. The number of aromatic nitrogens is 4. The van der Waals surface area contributed by atoms with Crippen LogP contribution in [-0.4, -0.2) is 33.0 Å². The summed E-state index contributed by atoms with van der Waals surface area (Å²) in [4.78, 5) is 16.4. The average molecular weight is 499 g/mol.